The van der Waals surface area contributed by atoms with Crippen LogP contribution < -0.4 is 10.6 Å². The highest BCUT2D eigenvalue weighted by atomic mass is 16.5. The predicted molar refractivity (Wildman–Crippen MR) is 110 cm³/mol. The quantitative estimate of drug-likeness (QED) is 0.653. The van der Waals surface area contributed by atoms with Gasteiger partial charge >= 0.3 is 12.1 Å². The predicted octanol–water partition coefficient (Wildman–Crippen LogP) is 3.04. The number of rotatable bonds is 7. The van der Waals surface area contributed by atoms with Crippen LogP contribution in [0.4, 0.5) is 4.79 Å². The summed E-state index contributed by atoms with van der Waals surface area (Å²) < 4.78 is 5.45. The summed E-state index contributed by atoms with van der Waals surface area (Å²) in [6.07, 6.45) is 0.463. The number of hydrogen-bond acceptors (Lipinski definition) is 4. The summed E-state index contributed by atoms with van der Waals surface area (Å²) >= 11 is 0. The van der Waals surface area contributed by atoms with Gasteiger partial charge in [-0.2, -0.15) is 0 Å². The van der Waals surface area contributed by atoms with Crippen LogP contribution in [0.3, 0.4) is 0 Å². The molecule has 0 saturated heterocycles. The first kappa shape index (κ1) is 19.9. The number of alkyl carbamates (subject to hydrolysis) is 1. The van der Waals surface area contributed by atoms with E-state index in [1.807, 2.05) is 36.4 Å². The molecule has 0 spiro atoms. The molecular weight excluding hydrogens is 384 g/mol. The summed E-state index contributed by atoms with van der Waals surface area (Å²) in [6.45, 7) is 1.71. The average Bonchev–Trinajstić information content (AvgIpc) is 3.38. The highest BCUT2D eigenvalue weighted by Crippen LogP contribution is 2.44. The first-order valence-electron chi connectivity index (χ1n) is 10.0. The molecule has 2 aliphatic carbocycles. The zero-order valence-corrected chi connectivity index (χ0v) is 16.7. The number of carboxylic acid groups (broad SMARTS) is 1. The molecule has 30 heavy (non-hydrogen) atoms. The summed E-state index contributed by atoms with van der Waals surface area (Å²) in [4.78, 5) is 35.5. The summed E-state index contributed by atoms with van der Waals surface area (Å²) in [5.41, 5.74) is 3.83. The highest BCUT2D eigenvalue weighted by molar-refractivity contribution is 5.87. The van der Waals surface area contributed by atoms with Crippen molar-refractivity contribution in [2.24, 2.45) is 0 Å². The maximum atomic E-state index is 12.3. The number of carbonyl (C=O) groups is 3. The number of benzene rings is 2. The fraction of sp³-hybridized carbons (Fsp3) is 0.348. The molecule has 0 aromatic heterocycles. The number of carbonyl (C=O) groups excluding carboxylic acids is 2. The Kier molecular flexibility index (Phi) is 5.20. The molecule has 0 bridgehead atoms. The van der Waals surface area contributed by atoms with Crippen LogP contribution in [0, 0.1) is 0 Å². The Balaban J connectivity index is 1.34. The number of amides is 2. The van der Waals surface area contributed by atoms with Crippen LogP contribution in [-0.2, 0) is 14.3 Å². The van der Waals surface area contributed by atoms with Gasteiger partial charge in [-0.05, 0) is 42.0 Å². The lowest BCUT2D eigenvalue weighted by Gasteiger charge is -2.20. The number of fused-ring (bicyclic) bond motifs is 3. The Morgan fingerprint density at radius 1 is 1.07 bits per heavy atom. The van der Waals surface area contributed by atoms with Crippen molar-refractivity contribution in [2.45, 2.75) is 43.7 Å². The lowest BCUT2D eigenvalue weighted by atomic mass is 9.98. The van der Waals surface area contributed by atoms with Gasteiger partial charge in [0.25, 0.3) is 0 Å². The largest absolute Gasteiger partial charge is 0.481 e. The van der Waals surface area contributed by atoms with Crippen molar-refractivity contribution in [3.63, 3.8) is 0 Å². The SMILES string of the molecule is C[C@@H](NC(=O)OCC1c2ccccc2-c2ccccc21)C(=O)NC1(CC(=O)O)CC1. The van der Waals surface area contributed by atoms with Gasteiger partial charge in [0.2, 0.25) is 5.91 Å². The maximum Gasteiger partial charge on any atom is 0.407 e. The van der Waals surface area contributed by atoms with E-state index in [0.29, 0.717) is 12.8 Å². The molecule has 3 N–H and O–H groups in total. The number of aliphatic carboxylic acids is 1. The minimum absolute atomic E-state index is 0.0578. The Morgan fingerprint density at radius 2 is 1.63 bits per heavy atom. The zero-order chi connectivity index (χ0) is 21.3. The van der Waals surface area contributed by atoms with Crippen LogP contribution in [0.25, 0.3) is 11.1 Å². The normalized spacial score (nSPS) is 16.7. The fourth-order valence-electron chi connectivity index (χ4n) is 4.04. The lowest BCUT2D eigenvalue weighted by molar-refractivity contribution is -0.138. The van der Waals surface area contributed by atoms with Gasteiger partial charge in [0.1, 0.15) is 12.6 Å². The molecular formula is C23H24N2O5. The monoisotopic (exact) mass is 408 g/mol. The third-order valence-corrected chi connectivity index (χ3v) is 5.80. The van der Waals surface area contributed by atoms with E-state index in [2.05, 4.69) is 22.8 Å². The van der Waals surface area contributed by atoms with E-state index in [0.717, 1.165) is 22.3 Å². The molecule has 2 aliphatic rings. The van der Waals surface area contributed by atoms with E-state index in [4.69, 9.17) is 9.84 Å². The minimum atomic E-state index is -0.954. The Hall–Kier alpha value is -3.35. The van der Waals surface area contributed by atoms with E-state index in [1.165, 1.54) is 0 Å². The molecule has 156 valence electrons. The zero-order valence-electron chi connectivity index (χ0n) is 16.7. The number of carboxylic acids is 1. The van der Waals surface area contributed by atoms with E-state index < -0.39 is 29.6 Å². The molecule has 4 rings (SSSR count). The van der Waals surface area contributed by atoms with Gasteiger partial charge in [0, 0.05) is 5.92 Å². The first-order chi connectivity index (χ1) is 14.4. The minimum Gasteiger partial charge on any atom is -0.481 e. The second-order valence-corrected chi connectivity index (χ2v) is 8.03. The van der Waals surface area contributed by atoms with Gasteiger partial charge in [-0.1, -0.05) is 48.5 Å². The molecule has 0 aliphatic heterocycles. The second-order valence-electron chi connectivity index (χ2n) is 8.03. The lowest BCUT2D eigenvalue weighted by Crippen LogP contribution is -2.49. The Bertz CT molecular complexity index is 953. The van der Waals surface area contributed by atoms with Crippen LogP contribution >= 0.6 is 0 Å². The van der Waals surface area contributed by atoms with Crippen molar-refractivity contribution in [3.8, 4) is 11.1 Å². The van der Waals surface area contributed by atoms with Crippen molar-refractivity contribution in [1.82, 2.24) is 10.6 Å². The van der Waals surface area contributed by atoms with Crippen molar-refractivity contribution >= 4 is 18.0 Å². The van der Waals surface area contributed by atoms with Crippen LogP contribution in [0.2, 0.25) is 0 Å². The molecule has 1 fully saturated rings. The molecule has 0 radical (unpaired) electrons. The summed E-state index contributed by atoms with van der Waals surface area (Å²) in [7, 11) is 0. The standard InChI is InChI=1S/C23H24N2O5/c1-14(21(28)25-23(10-11-23)12-20(26)27)24-22(29)30-13-19-17-8-4-2-6-15(17)16-7-3-5-9-18(16)19/h2-9,14,19H,10-13H2,1H3,(H,24,29)(H,25,28)(H,26,27)/t14-/m1/s1. The average molecular weight is 408 g/mol. The third-order valence-electron chi connectivity index (χ3n) is 5.80. The van der Waals surface area contributed by atoms with Gasteiger partial charge in [-0.25, -0.2) is 4.79 Å². The van der Waals surface area contributed by atoms with Gasteiger partial charge in [-0.3, -0.25) is 9.59 Å². The maximum absolute atomic E-state index is 12.3. The molecule has 2 aromatic carbocycles. The third kappa shape index (κ3) is 4.01. The fourth-order valence-corrected chi connectivity index (χ4v) is 4.04. The van der Waals surface area contributed by atoms with E-state index in [1.54, 1.807) is 6.92 Å². The van der Waals surface area contributed by atoms with Gasteiger partial charge in [0.15, 0.2) is 0 Å². The van der Waals surface area contributed by atoms with Crippen molar-refractivity contribution in [2.75, 3.05) is 6.61 Å². The molecule has 2 aromatic rings. The van der Waals surface area contributed by atoms with Crippen LogP contribution in [0.5, 0.6) is 0 Å². The molecule has 0 heterocycles. The van der Waals surface area contributed by atoms with E-state index >= 15 is 0 Å². The highest BCUT2D eigenvalue weighted by Gasteiger charge is 2.46. The Labute approximate surface area is 174 Å². The van der Waals surface area contributed by atoms with E-state index in [9.17, 15) is 14.4 Å². The topological polar surface area (TPSA) is 105 Å². The van der Waals surface area contributed by atoms with E-state index in [-0.39, 0.29) is 18.9 Å². The van der Waals surface area contributed by atoms with Crippen molar-refractivity contribution in [3.05, 3.63) is 59.7 Å². The molecule has 1 atom stereocenters. The molecule has 2 amide bonds. The van der Waals surface area contributed by atoms with Crippen LogP contribution in [0.15, 0.2) is 48.5 Å². The summed E-state index contributed by atoms with van der Waals surface area (Å²) in [5, 5.41) is 14.2. The summed E-state index contributed by atoms with van der Waals surface area (Å²) in [5.74, 6) is -1.43. The molecule has 7 nitrogen and oxygen atoms in total. The smallest absolute Gasteiger partial charge is 0.407 e. The molecule has 0 unspecified atom stereocenters. The number of hydrogen-bond donors (Lipinski definition) is 3. The van der Waals surface area contributed by atoms with Crippen LogP contribution in [-0.4, -0.2) is 41.3 Å². The second kappa shape index (κ2) is 7.82. The summed E-state index contributed by atoms with van der Waals surface area (Å²) in [6, 6.07) is 15.3. The number of ether oxygens (including phenoxy) is 1. The van der Waals surface area contributed by atoms with Crippen molar-refractivity contribution < 1.29 is 24.2 Å². The van der Waals surface area contributed by atoms with Crippen molar-refractivity contribution in [1.29, 1.82) is 0 Å². The Morgan fingerprint density at radius 3 is 2.17 bits per heavy atom. The number of nitrogens with one attached hydrogen (secondary N) is 2. The van der Waals surface area contributed by atoms with Gasteiger partial charge in [-0.15, -0.1) is 0 Å². The van der Waals surface area contributed by atoms with Crippen LogP contribution in [0.1, 0.15) is 43.2 Å². The van der Waals surface area contributed by atoms with Gasteiger partial charge < -0.3 is 20.5 Å². The van der Waals surface area contributed by atoms with Gasteiger partial charge in [0.05, 0.1) is 12.0 Å². The first-order valence-corrected chi connectivity index (χ1v) is 10.0. The molecule has 1 saturated carbocycles. The molecule has 7 heteroatoms.